The molecule has 36 heavy (non-hydrogen) atoms. The smallest absolute Gasteiger partial charge is 0.324 e. The second-order valence-electron chi connectivity index (χ2n) is 8.85. The zero-order chi connectivity index (χ0) is 25.5. The third kappa shape index (κ3) is 6.73. The molecule has 2 N–H and O–H groups in total. The van der Waals surface area contributed by atoms with Crippen molar-refractivity contribution in [3.63, 3.8) is 0 Å². The number of esters is 1. The van der Waals surface area contributed by atoms with Crippen molar-refractivity contribution in [2.24, 2.45) is 5.92 Å². The molecule has 4 rings (SSSR count). The fraction of sp³-hybridized carbons (Fsp3) is 0.385. The van der Waals surface area contributed by atoms with Gasteiger partial charge in [0, 0.05) is 42.7 Å². The summed E-state index contributed by atoms with van der Waals surface area (Å²) in [5, 5.41) is 5.44. The van der Waals surface area contributed by atoms with E-state index in [-0.39, 0.29) is 18.0 Å². The number of nitrogens with one attached hydrogen (secondary N) is 2. The highest BCUT2D eigenvalue weighted by Gasteiger charge is 2.26. The number of nitrogens with zero attached hydrogens (tertiary/aromatic N) is 2. The van der Waals surface area contributed by atoms with Gasteiger partial charge in [-0.15, -0.1) is 0 Å². The van der Waals surface area contributed by atoms with Crippen LogP contribution in [-0.2, 0) is 19.6 Å². The van der Waals surface area contributed by atoms with Crippen LogP contribution in [0.5, 0.6) is 0 Å². The van der Waals surface area contributed by atoms with Crippen LogP contribution in [0.25, 0.3) is 10.8 Å². The Morgan fingerprint density at radius 2 is 1.81 bits per heavy atom. The van der Waals surface area contributed by atoms with E-state index in [1.54, 1.807) is 49.6 Å². The largest absolute Gasteiger partial charge is 0.465 e. The second-order valence-corrected chi connectivity index (χ2v) is 11.1. The molecule has 1 aliphatic heterocycles. The quantitative estimate of drug-likeness (QED) is 0.386. The molecule has 0 saturated carbocycles. The predicted octanol–water partition coefficient (Wildman–Crippen LogP) is 3.60. The molecule has 0 amide bonds. The van der Waals surface area contributed by atoms with Gasteiger partial charge in [0.1, 0.15) is 6.04 Å². The number of carbonyl (C=O) groups excluding carboxylic acids is 1. The summed E-state index contributed by atoms with van der Waals surface area (Å²) in [4.78, 5) is 19.1. The number of halogens is 1. The van der Waals surface area contributed by atoms with Gasteiger partial charge in [-0.3, -0.25) is 9.78 Å². The van der Waals surface area contributed by atoms with Gasteiger partial charge in [0.25, 0.3) is 0 Å². The van der Waals surface area contributed by atoms with E-state index in [2.05, 4.69) is 19.9 Å². The van der Waals surface area contributed by atoms with Gasteiger partial charge in [0.2, 0.25) is 10.0 Å². The molecule has 192 valence electrons. The summed E-state index contributed by atoms with van der Waals surface area (Å²) in [7, 11) is -3.83. The monoisotopic (exact) mass is 530 g/mol. The van der Waals surface area contributed by atoms with E-state index in [0.717, 1.165) is 42.4 Å². The topological polar surface area (TPSA) is 101 Å². The van der Waals surface area contributed by atoms with E-state index >= 15 is 0 Å². The normalized spacial score (nSPS) is 15.7. The van der Waals surface area contributed by atoms with E-state index in [9.17, 15) is 13.2 Å². The number of benzene rings is 2. The minimum Gasteiger partial charge on any atom is -0.465 e. The predicted molar refractivity (Wildman–Crippen MR) is 142 cm³/mol. The lowest BCUT2D eigenvalue weighted by atomic mass is 9.96. The highest BCUT2D eigenvalue weighted by molar-refractivity contribution is 7.89. The number of pyridine rings is 1. The van der Waals surface area contributed by atoms with Crippen molar-refractivity contribution in [1.82, 2.24) is 15.0 Å². The maximum absolute atomic E-state index is 13.0. The highest BCUT2D eigenvalue weighted by atomic mass is 35.5. The molecule has 3 aromatic rings. The van der Waals surface area contributed by atoms with Gasteiger partial charge in [-0.05, 0) is 79.4 Å². The molecule has 1 aromatic heterocycles. The number of hydrogen-bond acceptors (Lipinski definition) is 7. The van der Waals surface area contributed by atoms with Crippen molar-refractivity contribution in [2.45, 2.75) is 30.7 Å². The minimum atomic E-state index is -3.83. The number of hydrogen-bond donors (Lipinski definition) is 2. The molecule has 10 heteroatoms. The first-order valence-electron chi connectivity index (χ1n) is 12.1. The molecule has 0 aliphatic carbocycles. The van der Waals surface area contributed by atoms with Gasteiger partial charge in [-0.1, -0.05) is 23.7 Å². The molecule has 1 saturated heterocycles. The van der Waals surface area contributed by atoms with Crippen LogP contribution < -0.4 is 14.9 Å². The van der Waals surface area contributed by atoms with Crippen LogP contribution in [0.4, 0.5) is 5.69 Å². The Balaban J connectivity index is 1.35. The molecule has 1 fully saturated rings. The van der Waals surface area contributed by atoms with Crippen molar-refractivity contribution < 1.29 is 17.9 Å². The number of aromatic nitrogens is 1. The molecule has 2 aromatic carbocycles. The summed E-state index contributed by atoms with van der Waals surface area (Å²) in [5.74, 6) is -0.0912. The molecule has 0 bridgehead atoms. The van der Waals surface area contributed by atoms with Crippen molar-refractivity contribution in [3.8, 4) is 0 Å². The lowest BCUT2D eigenvalue weighted by Crippen LogP contribution is -2.49. The van der Waals surface area contributed by atoms with Crippen LogP contribution in [0.1, 0.15) is 19.8 Å². The van der Waals surface area contributed by atoms with E-state index in [1.807, 2.05) is 12.1 Å². The summed E-state index contributed by atoms with van der Waals surface area (Å²) in [6, 6.07) is 13.4. The number of fused-ring (bicyclic) bond motifs is 1. The van der Waals surface area contributed by atoms with Crippen LogP contribution in [-0.4, -0.2) is 58.2 Å². The lowest BCUT2D eigenvalue weighted by molar-refractivity contribution is -0.145. The molecule has 0 radical (unpaired) electrons. The van der Waals surface area contributed by atoms with Gasteiger partial charge in [0.15, 0.2) is 0 Å². The Morgan fingerprint density at radius 3 is 2.53 bits per heavy atom. The van der Waals surface area contributed by atoms with Crippen molar-refractivity contribution in [3.05, 3.63) is 65.9 Å². The Hall–Kier alpha value is -2.72. The van der Waals surface area contributed by atoms with Crippen LogP contribution in [0, 0.1) is 5.92 Å². The van der Waals surface area contributed by atoms with Crippen LogP contribution >= 0.6 is 11.6 Å². The van der Waals surface area contributed by atoms with Crippen molar-refractivity contribution in [2.75, 3.05) is 37.7 Å². The summed E-state index contributed by atoms with van der Waals surface area (Å²) >= 11 is 6.02. The van der Waals surface area contributed by atoms with Crippen LogP contribution in [0.3, 0.4) is 0 Å². The number of piperidine rings is 1. The standard InChI is InChI=1S/C26H31ClN4O4S/c1-2-35-26(32)25(29-17-19-9-13-31(14-10-19)23-7-11-28-12-8-23)18-30-36(33,34)24-6-4-20-15-22(27)5-3-21(20)16-24/h3-8,11-12,15-16,19,25,29-30H,2,9-10,13-14,17-18H2,1H3. The van der Waals surface area contributed by atoms with Gasteiger partial charge in [0.05, 0.1) is 11.5 Å². The third-order valence-electron chi connectivity index (χ3n) is 6.43. The maximum atomic E-state index is 13.0. The Kier molecular flexibility index (Phi) is 8.79. The van der Waals surface area contributed by atoms with E-state index in [1.165, 1.54) is 6.07 Å². The number of rotatable bonds is 10. The average Bonchev–Trinajstić information content (AvgIpc) is 2.89. The zero-order valence-electron chi connectivity index (χ0n) is 20.2. The second kappa shape index (κ2) is 12.0. The fourth-order valence-corrected chi connectivity index (χ4v) is 5.64. The number of carbonyl (C=O) groups is 1. The lowest BCUT2D eigenvalue weighted by Gasteiger charge is -2.34. The SMILES string of the molecule is CCOC(=O)C(CNS(=O)(=O)c1ccc2cc(Cl)ccc2c1)NCC1CCN(c2ccncc2)CC1. The first-order chi connectivity index (χ1) is 17.4. The first kappa shape index (κ1) is 26.3. The summed E-state index contributed by atoms with van der Waals surface area (Å²) in [6.07, 6.45) is 5.53. The molecule has 2 heterocycles. The molecule has 0 spiro atoms. The number of anilines is 1. The molecular formula is C26H31ClN4O4S. The highest BCUT2D eigenvalue weighted by Crippen LogP contribution is 2.23. The molecule has 8 nitrogen and oxygen atoms in total. The first-order valence-corrected chi connectivity index (χ1v) is 14.0. The molecule has 1 unspecified atom stereocenters. The number of sulfonamides is 1. The van der Waals surface area contributed by atoms with Gasteiger partial charge in [-0.2, -0.15) is 0 Å². The van der Waals surface area contributed by atoms with Gasteiger partial charge < -0.3 is 15.0 Å². The fourth-order valence-electron chi connectivity index (χ4n) is 4.38. The molecule has 1 atom stereocenters. The Morgan fingerprint density at radius 1 is 1.11 bits per heavy atom. The van der Waals surface area contributed by atoms with E-state index in [0.29, 0.717) is 17.5 Å². The third-order valence-corrected chi connectivity index (χ3v) is 8.08. The average molecular weight is 531 g/mol. The maximum Gasteiger partial charge on any atom is 0.324 e. The summed E-state index contributed by atoms with van der Waals surface area (Å²) in [6.45, 7) is 4.29. The molecular weight excluding hydrogens is 500 g/mol. The van der Waals surface area contributed by atoms with Crippen molar-refractivity contribution in [1.29, 1.82) is 0 Å². The van der Waals surface area contributed by atoms with Gasteiger partial charge in [-0.25, -0.2) is 13.1 Å². The van der Waals surface area contributed by atoms with Gasteiger partial charge >= 0.3 is 5.97 Å². The van der Waals surface area contributed by atoms with E-state index < -0.39 is 22.0 Å². The summed E-state index contributed by atoms with van der Waals surface area (Å²) < 4.78 is 33.7. The minimum absolute atomic E-state index is 0.102. The van der Waals surface area contributed by atoms with E-state index in [4.69, 9.17) is 16.3 Å². The van der Waals surface area contributed by atoms with Crippen LogP contribution in [0.2, 0.25) is 5.02 Å². The zero-order valence-corrected chi connectivity index (χ0v) is 21.8. The van der Waals surface area contributed by atoms with Crippen LogP contribution in [0.15, 0.2) is 65.8 Å². The molecule has 1 aliphatic rings. The number of ether oxygens (including phenoxy) is 1. The van der Waals surface area contributed by atoms with Crippen molar-refractivity contribution >= 4 is 44.1 Å². The summed E-state index contributed by atoms with van der Waals surface area (Å²) in [5.41, 5.74) is 1.16. The Bertz CT molecular complexity index is 1280. The Labute approximate surface area is 217 Å².